The van der Waals surface area contributed by atoms with Crippen LogP contribution in [0.3, 0.4) is 0 Å². The average Bonchev–Trinajstić information content (AvgIpc) is 2.93. The van der Waals surface area contributed by atoms with E-state index in [4.69, 9.17) is 10.3 Å². The van der Waals surface area contributed by atoms with Gasteiger partial charge in [0.2, 0.25) is 0 Å². The molecular formula is C18H20N2O. The first-order chi connectivity index (χ1) is 10.2. The minimum atomic E-state index is -0.0742. The van der Waals surface area contributed by atoms with Gasteiger partial charge in [-0.1, -0.05) is 56.3 Å². The summed E-state index contributed by atoms with van der Waals surface area (Å²) in [6.07, 6.45) is 1.78. The predicted octanol–water partition coefficient (Wildman–Crippen LogP) is 4.11. The molecule has 1 unspecified atom stereocenters. The molecule has 0 spiro atoms. The Morgan fingerprint density at radius 2 is 1.62 bits per heavy atom. The summed E-state index contributed by atoms with van der Waals surface area (Å²) in [5.41, 5.74) is 7.30. The number of rotatable bonds is 4. The van der Waals surface area contributed by atoms with Crippen molar-refractivity contribution < 1.29 is 4.42 Å². The Morgan fingerprint density at radius 3 is 2.29 bits per heavy atom. The highest BCUT2D eigenvalue weighted by Crippen LogP contribution is 2.30. The highest BCUT2D eigenvalue weighted by atomic mass is 16.3. The molecule has 2 aromatic carbocycles. The van der Waals surface area contributed by atoms with E-state index in [1.54, 1.807) is 6.26 Å². The third-order valence-electron chi connectivity index (χ3n) is 3.93. The topological polar surface area (TPSA) is 51.2 Å². The molecule has 3 heteroatoms. The van der Waals surface area contributed by atoms with Crippen LogP contribution in [0.1, 0.15) is 42.5 Å². The van der Waals surface area contributed by atoms with Crippen molar-refractivity contribution in [1.29, 1.82) is 0 Å². The van der Waals surface area contributed by atoms with Gasteiger partial charge in [0.1, 0.15) is 5.58 Å². The van der Waals surface area contributed by atoms with Gasteiger partial charge in [0.05, 0.1) is 12.3 Å². The zero-order valence-electron chi connectivity index (χ0n) is 12.3. The molecular weight excluding hydrogens is 260 g/mol. The smallest absolute Gasteiger partial charge is 0.134 e. The van der Waals surface area contributed by atoms with E-state index < -0.39 is 0 Å². The summed E-state index contributed by atoms with van der Waals surface area (Å²) in [5, 5.41) is 1.09. The second-order valence-electron chi connectivity index (χ2n) is 5.61. The van der Waals surface area contributed by atoms with Crippen LogP contribution in [-0.2, 0) is 0 Å². The van der Waals surface area contributed by atoms with Crippen LogP contribution in [0, 0.1) is 0 Å². The molecule has 1 aromatic heterocycles. The molecule has 0 aliphatic carbocycles. The van der Waals surface area contributed by atoms with Gasteiger partial charge in [-0.05, 0) is 23.1 Å². The number of hydrogen-bond acceptors (Lipinski definition) is 3. The monoisotopic (exact) mass is 280 g/mol. The molecule has 1 atom stereocenters. The summed E-state index contributed by atoms with van der Waals surface area (Å²) in [4.78, 5) is 0. The summed E-state index contributed by atoms with van der Waals surface area (Å²) in [5.74, 6) is 6.32. The second-order valence-corrected chi connectivity index (χ2v) is 5.61. The SMILES string of the molecule is CC(C)c1ccc(C(NN)c2coc3ccccc23)cc1. The summed E-state index contributed by atoms with van der Waals surface area (Å²) in [6, 6.07) is 16.5. The van der Waals surface area contributed by atoms with Gasteiger partial charge < -0.3 is 4.42 Å². The van der Waals surface area contributed by atoms with Crippen molar-refractivity contribution in [3.8, 4) is 0 Å². The molecule has 3 aromatic rings. The molecule has 21 heavy (non-hydrogen) atoms. The van der Waals surface area contributed by atoms with Crippen LogP contribution in [0.2, 0.25) is 0 Å². The summed E-state index contributed by atoms with van der Waals surface area (Å²) in [6.45, 7) is 4.38. The number of para-hydroxylation sites is 1. The third-order valence-corrected chi connectivity index (χ3v) is 3.93. The van der Waals surface area contributed by atoms with Crippen molar-refractivity contribution in [2.24, 2.45) is 5.84 Å². The van der Waals surface area contributed by atoms with Crippen LogP contribution >= 0.6 is 0 Å². The molecule has 0 bridgehead atoms. The first-order valence-corrected chi connectivity index (χ1v) is 7.23. The number of fused-ring (bicyclic) bond motifs is 1. The van der Waals surface area contributed by atoms with Gasteiger partial charge in [0.15, 0.2) is 0 Å². The Balaban J connectivity index is 2.01. The van der Waals surface area contributed by atoms with Crippen LogP contribution in [0.15, 0.2) is 59.2 Å². The van der Waals surface area contributed by atoms with E-state index in [0.717, 1.165) is 22.1 Å². The van der Waals surface area contributed by atoms with E-state index in [-0.39, 0.29) is 6.04 Å². The summed E-state index contributed by atoms with van der Waals surface area (Å²) < 4.78 is 5.62. The minimum absolute atomic E-state index is 0.0742. The number of hydrazine groups is 1. The van der Waals surface area contributed by atoms with Gasteiger partial charge in [-0.3, -0.25) is 5.84 Å². The number of hydrogen-bond donors (Lipinski definition) is 2. The minimum Gasteiger partial charge on any atom is -0.464 e. The van der Waals surface area contributed by atoms with Gasteiger partial charge in [-0.15, -0.1) is 0 Å². The van der Waals surface area contributed by atoms with Crippen molar-refractivity contribution in [3.05, 3.63) is 71.5 Å². The number of nitrogens with one attached hydrogen (secondary N) is 1. The zero-order valence-corrected chi connectivity index (χ0v) is 12.3. The molecule has 1 heterocycles. The van der Waals surface area contributed by atoms with Crippen LogP contribution in [0.4, 0.5) is 0 Å². The maximum absolute atomic E-state index is 5.79. The van der Waals surface area contributed by atoms with Gasteiger partial charge in [-0.25, -0.2) is 5.43 Å². The molecule has 108 valence electrons. The number of benzene rings is 2. The molecule has 0 amide bonds. The Bertz CT molecular complexity index is 728. The standard InChI is InChI=1S/C18H20N2O/c1-12(2)13-7-9-14(10-8-13)18(20-19)16-11-21-17-6-4-3-5-15(16)17/h3-12,18,20H,19H2,1-2H3. The summed E-state index contributed by atoms with van der Waals surface area (Å²) in [7, 11) is 0. The van der Waals surface area contributed by atoms with E-state index in [0.29, 0.717) is 5.92 Å². The highest BCUT2D eigenvalue weighted by Gasteiger charge is 2.17. The fourth-order valence-electron chi connectivity index (χ4n) is 2.66. The Labute approximate surface area is 124 Å². The van der Waals surface area contributed by atoms with Crippen molar-refractivity contribution in [3.63, 3.8) is 0 Å². The molecule has 0 saturated heterocycles. The normalized spacial score (nSPS) is 13.0. The molecule has 0 saturated carbocycles. The first-order valence-electron chi connectivity index (χ1n) is 7.23. The number of furan rings is 1. The van der Waals surface area contributed by atoms with Crippen LogP contribution < -0.4 is 11.3 Å². The van der Waals surface area contributed by atoms with Gasteiger partial charge >= 0.3 is 0 Å². The van der Waals surface area contributed by atoms with Crippen LogP contribution in [-0.4, -0.2) is 0 Å². The molecule has 0 aliphatic rings. The van der Waals surface area contributed by atoms with E-state index in [2.05, 4.69) is 49.6 Å². The fourth-order valence-corrected chi connectivity index (χ4v) is 2.66. The van der Waals surface area contributed by atoms with Crippen molar-refractivity contribution in [1.82, 2.24) is 5.43 Å². The molecule has 3 rings (SSSR count). The maximum atomic E-state index is 5.79. The van der Waals surface area contributed by atoms with Gasteiger partial charge in [0.25, 0.3) is 0 Å². The molecule has 0 radical (unpaired) electrons. The lowest BCUT2D eigenvalue weighted by atomic mass is 9.95. The molecule has 3 N–H and O–H groups in total. The molecule has 0 aliphatic heterocycles. The Hall–Kier alpha value is -2.10. The van der Waals surface area contributed by atoms with Crippen LogP contribution in [0.5, 0.6) is 0 Å². The quantitative estimate of drug-likeness (QED) is 0.558. The molecule has 0 fully saturated rings. The highest BCUT2D eigenvalue weighted by molar-refractivity contribution is 5.81. The predicted molar refractivity (Wildman–Crippen MR) is 85.9 cm³/mol. The fraction of sp³-hybridized carbons (Fsp3) is 0.222. The average molecular weight is 280 g/mol. The molecule has 3 nitrogen and oxygen atoms in total. The largest absolute Gasteiger partial charge is 0.464 e. The van der Waals surface area contributed by atoms with Crippen molar-refractivity contribution in [2.45, 2.75) is 25.8 Å². The van der Waals surface area contributed by atoms with Gasteiger partial charge in [0, 0.05) is 10.9 Å². The van der Waals surface area contributed by atoms with Crippen molar-refractivity contribution >= 4 is 11.0 Å². The Kier molecular flexibility index (Phi) is 3.78. The summed E-state index contributed by atoms with van der Waals surface area (Å²) >= 11 is 0. The zero-order chi connectivity index (χ0) is 14.8. The number of nitrogens with two attached hydrogens (primary N) is 1. The van der Waals surface area contributed by atoms with Gasteiger partial charge in [-0.2, -0.15) is 0 Å². The van der Waals surface area contributed by atoms with E-state index >= 15 is 0 Å². The Morgan fingerprint density at radius 1 is 0.952 bits per heavy atom. The lowest BCUT2D eigenvalue weighted by Crippen LogP contribution is -2.28. The third kappa shape index (κ3) is 2.58. The van der Waals surface area contributed by atoms with Crippen molar-refractivity contribution in [2.75, 3.05) is 0 Å². The maximum Gasteiger partial charge on any atom is 0.134 e. The first kappa shape index (κ1) is 13.9. The van der Waals surface area contributed by atoms with E-state index in [1.807, 2.05) is 18.2 Å². The lowest BCUT2D eigenvalue weighted by molar-refractivity contribution is 0.586. The second kappa shape index (κ2) is 5.72. The van der Waals surface area contributed by atoms with Crippen LogP contribution in [0.25, 0.3) is 11.0 Å². The van der Waals surface area contributed by atoms with E-state index in [9.17, 15) is 0 Å². The van der Waals surface area contributed by atoms with E-state index in [1.165, 1.54) is 5.56 Å². The lowest BCUT2D eigenvalue weighted by Gasteiger charge is -2.16.